The summed E-state index contributed by atoms with van der Waals surface area (Å²) in [5, 5.41) is 1.05. The Kier molecular flexibility index (Phi) is 5.60. The fourth-order valence-electron chi connectivity index (χ4n) is 1.57. The van der Waals surface area contributed by atoms with Crippen molar-refractivity contribution in [3.05, 3.63) is 11.9 Å². The predicted octanol–water partition coefficient (Wildman–Crippen LogP) is 3.46. The van der Waals surface area contributed by atoms with Gasteiger partial charge in [-0.15, -0.1) is 11.8 Å². The molecule has 0 aromatic carbocycles. The number of nitrogen functional groups attached to an aromatic ring is 1. The molecule has 1 heterocycles. The lowest BCUT2D eigenvalue weighted by molar-refractivity contribution is 0.775. The van der Waals surface area contributed by atoms with Crippen LogP contribution in [0.1, 0.15) is 51.5 Å². The van der Waals surface area contributed by atoms with Crippen molar-refractivity contribution in [2.45, 2.75) is 51.0 Å². The predicted molar refractivity (Wildman–Crippen MR) is 70.8 cm³/mol. The van der Waals surface area contributed by atoms with E-state index in [0.717, 1.165) is 16.3 Å². The van der Waals surface area contributed by atoms with Gasteiger partial charge in [0.15, 0.2) is 0 Å². The Morgan fingerprint density at radius 3 is 2.69 bits per heavy atom. The molecule has 1 rings (SSSR count). The molecule has 0 atom stereocenters. The lowest BCUT2D eigenvalue weighted by Gasteiger charge is -2.12. The van der Waals surface area contributed by atoms with Crippen molar-refractivity contribution >= 4 is 17.6 Å². The summed E-state index contributed by atoms with van der Waals surface area (Å²) in [5.74, 6) is 2.13. The highest BCUT2D eigenvalue weighted by Gasteiger charge is 2.12. The minimum Gasteiger partial charge on any atom is -0.383 e. The lowest BCUT2D eigenvalue weighted by atomic mass is 10.1. The van der Waals surface area contributed by atoms with Crippen molar-refractivity contribution in [2.24, 2.45) is 0 Å². The summed E-state index contributed by atoms with van der Waals surface area (Å²) in [6.45, 7) is 6.48. The van der Waals surface area contributed by atoms with Crippen LogP contribution in [-0.4, -0.2) is 15.7 Å². The molecule has 0 fully saturated rings. The first-order valence-corrected chi connectivity index (χ1v) is 6.88. The number of unbranched alkanes of at least 4 members (excludes halogenated alkanes) is 2. The molecule has 0 saturated carbocycles. The van der Waals surface area contributed by atoms with Crippen molar-refractivity contribution in [1.82, 2.24) is 9.97 Å². The summed E-state index contributed by atoms with van der Waals surface area (Å²) in [5.41, 5.74) is 6.99. The van der Waals surface area contributed by atoms with Crippen LogP contribution in [0.25, 0.3) is 0 Å². The van der Waals surface area contributed by atoms with E-state index in [2.05, 4.69) is 30.7 Å². The highest BCUT2D eigenvalue weighted by molar-refractivity contribution is 7.99. The fourth-order valence-corrected chi connectivity index (χ4v) is 2.73. The second-order valence-electron chi connectivity index (χ2n) is 4.19. The van der Waals surface area contributed by atoms with Crippen molar-refractivity contribution in [3.8, 4) is 0 Å². The van der Waals surface area contributed by atoms with Gasteiger partial charge in [0.25, 0.3) is 0 Å². The molecule has 0 aliphatic carbocycles. The number of thioether (sulfide) groups is 1. The van der Waals surface area contributed by atoms with E-state index in [4.69, 9.17) is 5.73 Å². The minimum atomic E-state index is 0.384. The Labute approximate surface area is 102 Å². The molecule has 0 unspecified atom stereocenters. The molecule has 0 bridgehead atoms. The van der Waals surface area contributed by atoms with Crippen molar-refractivity contribution in [1.29, 1.82) is 0 Å². The van der Waals surface area contributed by atoms with Gasteiger partial charge in [-0.3, -0.25) is 0 Å². The standard InChI is InChI=1S/C12H21N3S/c1-4-5-6-7-16-12-10(9(2)3)11(13)14-8-15-12/h8-9H,4-7H2,1-3H3,(H2,13,14,15). The second kappa shape index (κ2) is 6.74. The van der Waals surface area contributed by atoms with E-state index in [-0.39, 0.29) is 0 Å². The smallest absolute Gasteiger partial charge is 0.131 e. The average Bonchev–Trinajstić information content (AvgIpc) is 2.24. The zero-order valence-electron chi connectivity index (χ0n) is 10.4. The maximum Gasteiger partial charge on any atom is 0.131 e. The third-order valence-corrected chi connectivity index (χ3v) is 3.53. The van der Waals surface area contributed by atoms with Gasteiger partial charge in [0.2, 0.25) is 0 Å². The summed E-state index contributed by atoms with van der Waals surface area (Å²) < 4.78 is 0. The van der Waals surface area contributed by atoms with E-state index in [1.807, 2.05) is 0 Å². The first-order chi connectivity index (χ1) is 7.66. The normalized spacial score (nSPS) is 11.0. The van der Waals surface area contributed by atoms with E-state index in [1.54, 1.807) is 18.1 Å². The van der Waals surface area contributed by atoms with Gasteiger partial charge in [0.05, 0.1) is 0 Å². The molecule has 3 nitrogen and oxygen atoms in total. The third kappa shape index (κ3) is 3.67. The van der Waals surface area contributed by atoms with Gasteiger partial charge in [-0.05, 0) is 18.1 Å². The van der Waals surface area contributed by atoms with Crippen LogP contribution < -0.4 is 5.73 Å². The number of anilines is 1. The van der Waals surface area contributed by atoms with Gasteiger partial charge in [-0.2, -0.15) is 0 Å². The number of hydrogen-bond acceptors (Lipinski definition) is 4. The van der Waals surface area contributed by atoms with Gasteiger partial charge in [0.1, 0.15) is 17.2 Å². The van der Waals surface area contributed by atoms with Crippen LogP contribution in [0.5, 0.6) is 0 Å². The molecule has 0 spiro atoms. The van der Waals surface area contributed by atoms with Crippen LogP contribution >= 0.6 is 11.8 Å². The summed E-state index contributed by atoms with van der Waals surface area (Å²) in [6, 6.07) is 0. The molecule has 0 radical (unpaired) electrons. The van der Waals surface area contributed by atoms with E-state index in [0.29, 0.717) is 11.7 Å². The third-order valence-electron chi connectivity index (χ3n) is 2.44. The highest BCUT2D eigenvalue weighted by Crippen LogP contribution is 2.30. The van der Waals surface area contributed by atoms with Gasteiger partial charge in [-0.25, -0.2) is 9.97 Å². The van der Waals surface area contributed by atoms with Crippen LogP contribution in [-0.2, 0) is 0 Å². The number of rotatable bonds is 6. The van der Waals surface area contributed by atoms with Crippen LogP contribution in [0.2, 0.25) is 0 Å². The van der Waals surface area contributed by atoms with Crippen molar-refractivity contribution < 1.29 is 0 Å². The molecule has 2 N–H and O–H groups in total. The Hall–Kier alpha value is -0.770. The molecule has 1 aromatic heterocycles. The first-order valence-electron chi connectivity index (χ1n) is 5.90. The molecule has 0 amide bonds. The number of aromatic nitrogens is 2. The van der Waals surface area contributed by atoms with E-state index >= 15 is 0 Å². The summed E-state index contributed by atoms with van der Waals surface area (Å²) >= 11 is 1.80. The molecule has 0 saturated heterocycles. The zero-order chi connectivity index (χ0) is 12.0. The SMILES string of the molecule is CCCCCSc1ncnc(N)c1C(C)C. The lowest BCUT2D eigenvalue weighted by Crippen LogP contribution is -2.03. The van der Waals surface area contributed by atoms with Crippen LogP contribution in [0.4, 0.5) is 5.82 Å². The van der Waals surface area contributed by atoms with Gasteiger partial charge in [0, 0.05) is 5.56 Å². The number of hydrogen-bond donors (Lipinski definition) is 1. The van der Waals surface area contributed by atoms with Crippen LogP contribution in [0.15, 0.2) is 11.4 Å². The van der Waals surface area contributed by atoms with Gasteiger partial charge >= 0.3 is 0 Å². The van der Waals surface area contributed by atoms with Crippen molar-refractivity contribution in [2.75, 3.05) is 11.5 Å². The number of nitrogens with zero attached hydrogens (tertiary/aromatic N) is 2. The quantitative estimate of drug-likeness (QED) is 0.469. The zero-order valence-corrected chi connectivity index (χ0v) is 11.2. The Morgan fingerprint density at radius 2 is 2.06 bits per heavy atom. The molecule has 16 heavy (non-hydrogen) atoms. The van der Waals surface area contributed by atoms with Crippen LogP contribution in [0.3, 0.4) is 0 Å². The summed E-state index contributed by atoms with van der Waals surface area (Å²) in [4.78, 5) is 8.39. The molecular weight excluding hydrogens is 218 g/mol. The monoisotopic (exact) mass is 239 g/mol. The summed E-state index contributed by atoms with van der Waals surface area (Å²) in [6.07, 6.45) is 5.33. The Bertz CT molecular complexity index is 326. The Balaban J connectivity index is 2.67. The molecule has 1 aromatic rings. The molecule has 4 heteroatoms. The van der Waals surface area contributed by atoms with E-state index in [9.17, 15) is 0 Å². The van der Waals surface area contributed by atoms with Gasteiger partial charge < -0.3 is 5.73 Å². The summed E-state index contributed by atoms with van der Waals surface area (Å²) in [7, 11) is 0. The minimum absolute atomic E-state index is 0.384. The van der Waals surface area contributed by atoms with Crippen LogP contribution in [0, 0.1) is 0 Å². The Morgan fingerprint density at radius 1 is 1.31 bits per heavy atom. The number of nitrogens with two attached hydrogens (primary N) is 1. The maximum atomic E-state index is 5.89. The topological polar surface area (TPSA) is 51.8 Å². The highest BCUT2D eigenvalue weighted by atomic mass is 32.2. The molecule has 0 aliphatic heterocycles. The first kappa shape index (κ1) is 13.3. The van der Waals surface area contributed by atoms with E-state index < -0.39 is 0 Å². The van der Waals surface area contributed by atoms with Gasteiger partial charge in [-0.1, -0.05) is 33.6 Å². The second-order valence-corrected chi connectivity index (χ2v) is 5.27. The fraction of sp³-hybridized carbons (Fsp3) is 0.667. The van der Waals surface area contributed by atoms with E-state index in [1.165, 1.54) is 19.3 Å². The largest absolute Gasteiger partial charge is 0.383 e. The van der Waals surface area contributed by atoms with Crippen molar-refractivity contribution in [3.63, 3.8) is 0 Å². The molecule has 0 aliphatic rings. The molecule has 90 valence electrons. The average molecular weight is 239 g/mol. The maximum absolute atomic E-state index is 5.89. The molecular formula is C12H21N3S.